The standard InChI is InChI=1S/C19H19ClN4O3S/c1-13-7-8-14-4-2-6-17(18(14)23-13)28(25,26)24-9-3-5-16(12-24)27-19-21-10-15(20)11-22-19/h2,4,6-8,10-11,16H,3,5,9,12H2,1H3. The summed E-state index contributed by atoms with van der Waals surface area (Å²) in [5.74, 6) is 0. The van der Waals surface area contributed by atoms with E-state index in [1.165, 1.54) is 16.7 Å². The molecule has 0 radical (unpaired) electrons. The Morgan fingerprint density at radius 3 is 2.75 bits per heavy atom. The van der Waals surface area contributed by atoms with Crippen molar-refractivity contribution < 1.29 is 13.2 Å². The number of sulfonamides is 1. The molecule has 1 aliphatic rings. The first-order valence-corrected chi connectivity index (χ1v) is 10.8. The summed E-state index contributed by atoms with van der Waals surface area (Å²) in [7, 11) is -3.71. The van der Waals surface area contributed by atoms with Gasteiger partial charge in [0.25, 0.3) is 0 Å². The highest BCUT2D eigenvalue weighted by Gasteiger charge is 2.33. The third-order valence-corrected chi connectivity index (χ3v) is 6.74. The summed E-state index contributed by atoms with van der Waals surface area (Å²) in [6, 6.07) is 9.16. The first kappa shape index (κ1) is 19.0. The van der Waals surface area contributed by atoms with Crippen molar-refractivity contribution in [1.82, 2.24) is 19.3 Å². The molecule has 2 aromatic heterocycles. The van der Waals surface area contributed by atoms with Crippen LogP contribution in [0.4, 0.5) is 0 Å². The van der Waals surface area contributed by atoms with E-state index >= 15 is 0 Å². The molecule has 0 amide bonds. The fourth-order valence-electron chi connectivity index (χ4n) is 3.29. The predicted molar refractivity (Wildman–Crippen MR) is 106 cm³/mol. The van der Waals surface area contributed by atoms with Gasteiger partial charge >= 0.3 is 6.01 Å². The smallest absolute Gasteiger partial charge is 0.316 e. The van der Waals surface area contributed by atoms with Crippen LogP contribution in [0.1, 0.15) is 18.5 Å². The molecule has 0 aliphatic carbocycles. The van der Waals surface area contributed by atoms with Crippen LogP contribution in [0.3, 0.4) is 0 Å². The summed E-state index contributed by atoms with van der Waals surface area (Å²) in [4.78, 5) is 12.7. The Kier molecular flexibility index (Phi) is 5.18. The Labute approximate surface area is 168 Å². The number of fused-ring (bicyclic) bond motifs is 1. The monoisotopic (exact) mass is 418 g/mol. The van der Waals surface area contributed by atoms with E-state index in [-0.39, 0.29) is 23.6 Å². The number of ether oxygens (including phenoxy) is 1. The van der Waals surface area contributed by atoms with Crippen LogP contribution in [0.2, 0.25) is 5.02 Å². The Bertz CT molecular complexity index is 1110. The molecular formula is C19H19ClN4O3S. The highest BCUT2D eigenvalue weighted by molar-refractivity contribution is 7.89. The van der Waals surface area contributed by atoms with Crippen molar-refractivity contribution in [3.63, 3.8) is 0 Å². The van der Waals surface area contributed by atoms with E-state index in [0.717, 1.165) is 17.5 Å². The van der Waals surface area contributed by atoms with Crippen LogP contribution in [-0.4, -0.2) is 46.9 Å². The maximum Gasteiger partial charge on any atom is 0.316 e. The number of halogens is 1. The SMILES string of the molecule is Cc1ccc2cccc(S(=O)(=O)N3CCCC(Oc4ncc(Cl)cn4)C3)c2n1. The second-order valence-corrected chi connectivity index (χ2v) is 9.05. The summed E-state index contributed by atoms with van der Waals surface area (Å²) in [6.07, 6.45) is 3.99. The quantitative estimate of drug-likeness (QED) is 0.646. The van der Waals surface area contributed by atoms with Crippen molar-refractivity contribution in [3.05, 3.63) is 53.4 Å². The van der Waals surface area contributed by atoms with Gasteiger partial charge in [0.2, 0.25) is 10.0 Å². The van der Waals surface area contributed by atoms with Gasteiger partial charge in [-0.3, -0.25) is 4.98 Å². The molecule has 9 heteroatoms. The molecule has 1 unspecified atom stereocenters. The van der Waals surface area contributed by atoms with E-state index in [1.54, 1.807) is 12.1 Å². The van der Waals surface area contributed by atoms with Gasteiger partial charge in [0.05, 0.1) is 29.5 Å². The molecule has 1 aliphatic heterocycles. The minimum absolute atomic E-state index is 0.191. The Hall–Kier alpha value is -2.29. The number of pyridine rings is 1. The van der Waals surface area contributed by atoms with Crippen molar-refractivity contribution in [2.24, 2.45) is 0 Å². The van der Waals surface area contributed by atoms with Crippen molar-refractivity contribution in [3.8, 4) is 6.01 Å². The van der Waals surface area contributed by atoms with Crippen LogP contribution in [0, 0.1) is 6.92 Å². The summed E-state index contributed by atoms with van der Waals surface area (Å²) < 4.78 is 33.9. The number of para-hydroxylation sites is 1. The van der Waals surface area contributed by atoms with E-state index in [0.29, 0.717) is 23.5 Å². The number of hydrogen-bond acceptors (Lipinski definition) is 6. The van der Waals surface area contributed by atoms with Crippen molar-refractivity contribution >= 4 is 32.5 Å². The van der Waals surface area contributed by atoms with Gasteiger partial charge in [0.15, 0.2) is 0 Å². The highest BCUT2D eigenvalue weighted by atomic mass is 35.5. The molecule has 3 heterocycles. The molecule has 7 nitrogen and oxygen atoms in total. The van der Waals surface area contributed by atoms with Crippen molar-refractivity contribution in [1.29, 1.82) is 0 Å². The molecule has 28 heavy (non-hydrogen) atoms. The first-order chi connectivity index (χ1) is 13.4. The van der Waals surface area contributed by atoms with Gasteiger partial charge in [0, 0.05) is 17.6 Å². The third-order valence-electron chi connectivity index (χ3n) is 4.65. The number of piperidine rings is 1. The van der Waals surface area contributed by atoms with Gasteiger partial charge in [-0.05, 0) is 31.9 Å². The van der Waals surface area contributed by atoms with Gasteiger partial charge in [0.1, 0.15) is 11.0 Å². The second-order valence-electron chi connectivity index (χ2n) is 6.71. The molecule has 1 atom stereocenters. The second kappa shape index (κ2) is 7.62. The van der Waals surface area contributed by atoms with Crippen molar-refractivity contribution in [2.45, 2.75) is 30.8 Å². The maximum absolute atomic E-state index is 13.3. The number of nitrogens with zero attached hydrogens (tertiary/aromatic N) is 4. The summed E-state index contributed by atoms with van der Waals surface area (Å²) in [5.41, 5.74) is 1.27. The zero-order chi connectivity index (χ0) is 19.7. The molecule has 0 bridgehead atoms. The summed E-state index contributed by atoms with van der Waals surface area (Å²) in [5, 5.41) is 1.21. The van der Waals surface area contributed by atoms with Gasteiger partial charge in [-0.1, -0.05) is 29.8 Å². The number of benzene rings is 1. The zero-order valence-corrected chi connectivity index (χ0v) is 16.8. The third kappa shape index (κ3) is 3.80. The fraction of sp³-hybridized carbons (Fsp3) is 0.316. The number of aryl methyl sites for hydroxylation is 1. The van der Waals surface area contributed by atoms with Crippen LogP contribution < -0.4 is 4.74 Å². The minimum Gasteiger partial charge on any atom is -0.459 e. The lowest BCUT2D eigenvalue weighted by atomic mass is 10.1. The van der Waals surface area contributed by atoms with E-state index < -0.39 is 10.0 Å². The van der Waals surface area contributed by atoms with Crippen LogP contribution in [0.25, 0.3) is 10.9 Å². The minimum atomic E-state index is -3.71. The number of aromatic nitrogens is 3. The molecule has 146 valence electrons. The molecule has 0 spiro atoms. The van der Waals surface area contributed by atoms with E-state index in [2.05, 4.69) is 15.0 Å². The van der Waals surface area contributed by atoms with Gasteiger partial charge < -0.3 is 4.74 Å². The van der Waals surface area contributed by atoms with Crippen LogP contribution >= 0.6 is 11.6 Å². The van der Waals surface area contributed by atoms with Gasteiger partial charge in [-0.2, -0.15) is 4.31 Å². The fourth-order valence-corrected chi connectivity index (χ4v) is 5.06. The molecule has 1 saturated heterocycles. The van der Waals surface area contributed by atoms with Crippen LogP contribution in [0.5, 0.6) is 6.01 Å². The normalized spacial score (nSPS) is 18.3. The number of hydrogen-bond donors (Lipinski definition) is 0. The Morgan fingerprint density at radius 1 is 1.18 bits per heavy atom. The largest absolute Gasteiger partial charge is 0.459 e. The average Bonchev–Trinajstić information content (AvgIpc) is 2.69. The molecule has 0 N–H and O–H groups in total. The molecule has 0 saturated carbocycles. The Morgan fingerprint density at radius 2 is 1.96 bits per heavy atom. The summed E-state index contributed by atoms with van der Waals surface area (Å²) >= 11 is 5.79. The number of rotatable bonds is 4. The van der Waals surface area contributed by atoms with Crippen LogP contribution in [-0.2, 0) is 10.0 Å². The molecule has 4 rings (SSSR count). The topological polar surface area (TPSA) is 85.3 Å². The lowest BCUT2D eigenvalue weighted by molar-refractivity contribution is 0.119. The summed E-state index contributed by atoms with van der Waals surface area (Å²) in [6.45, 7) is 2.52. The predicted octanol–water partition coefficient (Wildman–Crippen LogP) is 3.22. The molecule has 3 aromatic rings. The van der Waals surface area contributed by atoms with Crippen LogP contribution in [0.15, 0.2) is 47.6 Å². The van der Waals surface area contributed by atoms with Gasteiger partial charge in [-0.15, -0.1) is 0 Å². The molecular weight excluding hydrogens is 400 g/mol. The first-order valence-electron chi connectivity index (χ1n) is 8.94. The molecule has 1 fully saturated rings. The lowest BCUT2D eigenvalue weighted by Gasteiger charge is -2.31. The lowest BCUT2D eigenvalue weighted by Crippen LogP contribution is -2.44. The maximum atomic E-state index is 13.3. The highest BCUT2D eigenvalue weighted by Crippen LogP contribution is 2.27. The van der Waals surface area contributed by atoms with E-state index in [9.17, 15) is 8.42 Å². The zero-order valence-electron chi connectivity index (χ0n) is 15.2. The Balaban J connectivity index is 1.61. The van der Waals surface area contributed by atoms with E-state index in [4.69, 9.17) is 16.3 Å². The van der Waals surface area contributed by atoms with Crippen molar-refractivity contribution in [2.75, 3.05) is 13.1 Å². The molecule has 1 aromatic carbocycles. The average molecular weight is 419 g/mol. The van der Waals surface area contributed by atoms with Gasteiger partial charge in [-0.25, -0.2) is 18.4 Å². The van der Waals surface area contributed by atoms with E-state index in [1.807, 2.05) is 25.1 Å².